The Labute approximate surface area is 151 Å². The van der Waals surface area contributed by atoms with Crippen LogP contribution in [0.4, 0.5) is 11.4 Å². The molecule has 0 bridgehead atoms. The standard InChI is InChI=1S/C22H30N2O/c1-6-16-12-20-21(14-19(16)15(2)23)24(11-10-22(20,3)4)17-8-7-9-18(13-17)25-5/h7-9,12-15H,6,10-11,23H2,1-5H3. The third kappa shape index (κ3) is 3.25. The lowest BCUT2D eigenvalue weighted by atomic mass is 9.75. The van der Waals surface area contributed by atoms with Gasteiger partial charge in [0.2, 0.25) is 0 Å². The van der Waals surface area contributed by atoms with Crippen molar-refractivity contribution in [3.05, 3.63) is 53.1 Å². The summed E-state index contributed by atoms with van der Waals surface area (Å²) >= 11 is 0. The summed E-state index contributed by atoms with van der Waals surface area (Å²) in [4.78, 5) is 2.41. The topological polar surface area (TPSA) is 38.5 Å². The molecule has 25 heavy (non-hydrogen) atoms. The van der Waals surface area contributed by atoms with Crippen molar-refractivity contribution in [2.75, 3.05) is 18.6 Å². The number of ether oxygens (including phenoxy) is 1. The predicted octanol–water partition coefficient (Wildman–Crippen LogP) is 5.10. The van der Waals surface area contributed by atoms with Gasteiger partial charge < -0.3 is 15.4 Å². The van der Waals surface area contributed by atoms with E-state index < -0.39 is 0 Å². The third-order valence-corrected chi connectivity index (χ3v) is 5.47. The number of rotatable bonds is 4. The van der Waals surface area contributed by atoms with Crippen LogP contribution in [-0.2, 0) is 11.8 Å². The number of anilines is 2. The first-order chi connectivity index (χ1) is 11.9. The van der Waals surface area contributed by atoms with Gasteiger partial charge in [0.1, 0.15) is 5.75 Å². The summed E-state index contributed by atoms with van der Waals surface area (Å²) in [7, 11) is 1.72. The van der Waals surface area contributed by atoms with Gasteiger partial charge in [-0.1, -0.05) is 32.9 Å². The molecular formula is C22H30N2O. The van der Waals surface area contributed by atoms with Gasteiger partial charge in [0.15, 0.2) is 0 Å². The average molecular weight is 338 g/mol. The smallest absolute Gasteiger partial charge is 0.120 e. The first-order valence-electron chi connectivity index (χ1n) is 9.22. The Balaban J connectivity index is 2.18. The van der Waals surface area contributed by atoms with Crippen molar-refractivity contribution in [2.45, 2.75) is 52.0 Å². The lowest BCUT2D eigenvalue weighted by molar-refractivity contribution is 0.414. The predicted molar refractivity (Wildman–Crippen MR) is 106 cm³/mol. The second-order valence-electron chi connectivity index (χ2n) is 7.70. The molecule has 0 saturated carbocycles. The Bertz CT molecular complexity index is 765. The molecule has 3 heteroatoms. The number of hydrogen-bond donors (Lipinski definition) is 1. The van der Waals surface area contributed by atoms with Gasteiger partial charge in [-0.3, -0.25) is 0 Å². The van der Waals surface area contributed by atoms with Crippen LogP contribution < -0.4 is 15.4 Å². The molecule has 3 rings (SSSR count). The van der Waals surface area contributed by atoms with Gasteiger partial charge in [-0.15, -0.1) is 0 Å². The van der Waals surface area contributed by atoms with E-state index in [2.05, 4.69) is 62.9 Å². The summed E-state index contributed by atoms with van der Waals surface area (Å²) in [6, 6.07) is 13.1. The van der Waals surface area contributed by atoms with Crippen LogP contribution in [0.2, 0.25) is 0 Å². The van der Waals surface area contributed by atoms with E-state index in [1.165, 1.54) is 28.1 Å². The normalized spacial score (nSPS) is 17.1. The van der Waals surface area contributed by atoms with Crippen molar-refractivity contribution >= 4 is 11.4 Å². The van der Waals surface area contributed by atoms with E-state index in [-0.39, 0.29) is 11.5 Å². The molecule has 0 aromatic heterocycles. The van der Waals surface area contributed by atoms with Crippen LogP contribution in [0, 0.1) is 0 Å². The average Bonchev–Trinajstić information content (AvgIpc) is 2.60. The maximum atomic E-state index is 6.28. The SMILES string of the molecule is CCc1cc2c(cc1C(C)N)N(c1cccc(OC)c1)CCC2(C)C. The largest absolute Gasteiger partial charge is 0.497 e. The van der Waals surface area contributed by atoms with Crippen LogP contribution in [0.1, 0.15) is 56.8 Å². The molecule has 3 nitrogen and oxygen atoms in total. The van der Waals surface area contributed by atoms with Gasteiger partial charge in [0, 0.05) is 30.0 Å². The Hall–Kier alpha value is -2.00. The molecule has 1 heterocycles. The van der Waals surface area contributed by atoms with Crippen molar-refractivity contribution in [1.29, 1.82) is 0 Å². The molecule has 0 saturated heterocycles. The highest BCUT2D eigenvalue weighted by molar-refractivity contribution is 5.72. The van der Waals surface area contributed by atoms with Crippen LogP contribution >= 0.6 is 0 Å². The second-order valence-corrected chi connectivity index (χ2v) is 7.70. The summed E-state index contributed by atoms with van der Waals surface area (Å²) in [6.45, 7) is 9.98. The number of hydrogen-bond acceptors (Lipinski definition) is 3. The fourth-order valence-electron chi connectivity index (χ4n) is 3.84. The lowest BCUT2D eigenvalue weighted by Crippen LogP contribution is -2.35. The molecule has 0 amide bonds. The van der Waals surface area contributed by atoms with E-state index in [1.54, 1.807) is 7.11 Å². The summed E-state index contributed by atoms with van der Waals surface area (Å²) in [5.74, 6) is 0.890. The molecule has 2 aromatic rings. The highest BCUT2D eigenvalue weighted by Gasteiger charge is 2.33. The van der Waals surface area contributed by atoms with Crippen molar-refractivity contribution in [1.82, 2.24) is 0 Å². The fraction of sp³-hybridized carbons (Fsp3) is 0.455. The second kappa shape index (κ2) is 6.72. The van der Waals surface area contributed by atoms with Crippen LogP contribution in [0.15, 0.2) is 36.4 Å². The van der Waals surface area contributed by atoms with Gasteiger partial charge in [-0.05, 0) is 60.1 Å². The van der Waals surface area contributed by atoms with E-state index in [9.17, 15) is 0 Å². The first kappa shape index (κ1) is 17.8. The number of nitrogens with two attached hydrogens (primary N) is 1. The Morgan fingerprint density at radius 3 is 2.64 bits per heavy atom. The summed E-state index contributed by atoms with van der Waals surface area (Å²) in [6.07, 6.45) is 2.14. The minimum atomic E-state index is 0.0393. The van der Waals surface area contributed by atoms with E-state index in [0.29, 0.717) is 0 Å². The van der Waals surface area contributed by atoms with Crippen molar-refractivity contribution < 1.29 is 4.74 Å². The van der Waals surface area contributed by atoms with Crippen molar-refractivity contribution in [3.8, 4) is 5.75 Å². The Morgan fingerprint density at radius 2 is 2.00 bits per heavy atom. The van der Waals surface area contributed by atoms with E-state index in [1.807, 2.05) is 6.07 Å². The highest BCUT2D eigenvalue weighted by Crippen LogP contribution is 2.45. The molecular weight excluding hydrogens is 308 g/mol. The van der Waals surface area contributed by atoms with Crippen LogP contribution in [0.25, 0.3) is 0 Å². The van der Waals surface area contributed by atoms with Gasteiger partial charge >= 0.3 is 0 Å². The fourth-order valence-corrected chi connectivity index (χ4v) is 3.84. The highest BCUT2D eigenvalue weighted by atomic mass is 16.5. The number of benzene rings is 2. The van der Waals surface area contributed by atoms with Crippen LogP contribution in [-0.4, -0.2) is 13.7 Å². The molecule has 134 valence electrons. The number of aryl methyl sites for hydroxylation is 1. The third-order valence-electron chi connectivity index (χ3n) is 5.47. The zero-order valence-corrected chi connectivity index (χ0v) is 16.1. The minimum Gasteiger partial charge on any atom is -0.497 e. The van der Waals surface area contributed by atoms with Gasteiger partial charge in [0.05, 0.1) is 7.11 Å². The lowest BCUT2D eigenvalue weighted by Gasteiger charge is -2.41. The Morgan fingerprint density at radius 1 is 1.24 bits per heavy atom. The minimum absolute atomic E-state index is 0.0393. The van der Waals surface area contributed by atoms with E-state index in [4.69, 9.17) is 10.5 Å². The zero-order chi connectivity index (χ0) is 18.2. The molecule has 2 N–H and O–H groups in total. The molecule has 2 aromatic carbocycles. The molecule has 1 aliphatic heterocycles. The molecule has 0 fully saturated rings. The van der Waals surface area contributed by atoms with Gasteiger partial charge in [0.25, 0.3) is 0 Å². The zero-order valence-electron chi connectivity index (χ0n) is 16.1. The number of methoxy groups -OCH3 is 1. The summed E-state index contributed by atoms with van der Waals surface area (Å²) in [5.41, 5.74) is 13.0. The first-order valence-corrected chi connectivity index (χ1v) is 9.22. The van der Waals surface area contributed by atoms with E-state index in [0.717, 1.165) is 25.1 Å². The molecule has 0 spiro atoms. The Kier molecular flexibility index (Phi) is 4.79. The summed E-state index contributed by atoms with van der Waals surface area (Å²) < 4.78 is 5.43. The van der Waals surface area contributed by atoms with Crippen LogP contribution in [0.5, 0.6) is 5.75 Å². The summed E-state index contributed by atoms with van der Waals surface area (Å²) in [5, 5.41) is 0. The van der Waals surface area contributed by atoms with Crippen molar-refractivity contribution in [3.63, 3.8) is 0 Å². The van der Waals surface area contributed by atoms with Crippen molar-refractivity contribution in [2.24, 2.45) is 5.73 Å². The molecule has 1 atom stereocenters. The quantitative estimate of drug-likeness (QED) is 0.843. The van der Waals surface area contributed by atoms with Gasteiger partial charge in [-0.2, -0.15) is 0 Å². The number of nitrogens with zero attached hydrogens (tertiary/aromatic N) is 1. The van der Waals surface area contributed by atoms with Crippen LogP contribution in [0.3, 0.4) is 0 Å². The maximum Gasteiger partial charge on any atom is 0.120 e. The molecule has 0 radical (unpaired) electrons. The van der Waals surface area contributed by atoms with Gasteiger partial charge in [-0.25, -0.2) is 0 Å². The number of fused-ring (bicyclic) bond motifs is 1. The maximum absolute atomic E-state index is 6.28. The van der Waals surface area contributed by atoms with E-state index >= 15 is 0 Å². The molecule has 1 aliphatic rings. The monoisotopic (exact) mass is 338 g/mol. The molecule has 0 aliphatic carbocycles. The molecule has 1 unspecified atom stereocenters.